The Kier molecular flexibility index (Phi) is 28.8. The number of nitrogens with zero attached hydrogens (tertiary/aromatic N) is 1. The minimum atomic E-state index is 0. The number of nitriles is 1. The molecule has 21 valence electrons. The maximum Gasteiger partial charge on any atom is 0.0587 e. The van der Waals surface area contributed by atoms with Crippen LogP contribution in [-0.4, -0.2) is 0 Å². The first-order valence-corrected chi connectivity index (χ1v) is 0.724. The molecule has 0 saturated carbocycles. The SMILES string of the molecule is CC#N.[P]. The molecule has 1 nitrogen and oxygen atoms in total. The lowest BCUT2D eigenvalue weighted by Crippen LogP contribution is -1.10. The Morgan fingerprint density at radius 3 is 1.75 bits per heavy atom. The van der Waals surface area contributed by atoms with Crippen molar-refractivity contribution in [2.45, 2.75) is 6.92 Å². The lowest BCUT2D eigenvalue weighted by Gasteiger charge is -1.15. The van der Waals surface area contributed by atoms with E-state index in [9.17, 15) is 0 Å². The first kappa shape index (κ1) is 9.07. The van der Waals surface area contributed by atoms with Crippen LogP contribution in [0.3, 0.4) is 0 Å². The molecule has 0 rings (SSSR count). The van der Waals surface area contributed by atoms with Gasteiger partial charge < -0.3 is 0 Å². The summed E-state index contributed by atoms with van der Waals surface area (Å²) in [5.41, 5.74) is 0. The lowest BCUT2D eigenvalue weighted by molar-refractivity contribution is 1.49. The van der Waals surface area contributed by atoms with Gasteiger partial charge in [0.05, 0.1) is 6.07 Å². The Labute approximate surface area is 29.2 Å². The summed E-state index contributed by atoms with van der Waals surface area (Å²) in [7, 11) is 0. The quantitative estimate of drug-likeness (QED) is 0.396. The van der Waals surface area contributed by atoms with Gasteiger partial charge in [0.15, 0.2) is 0 Å². The van der Waals surface area contributed by atoms with E-state index >= 15 is 0 Å². The van der Waals surface area contributed by atoms with Gasteiger partial charge in [-0.25, -0.2) is 0 Å². The summed E-state index contributed by atoms with van der Waals surface area (Å²) in [5.74, 6) is 0. The highest BCUT2D eigenvalue weighted by Crippen LogP contribution is 1.21. The van der Waals surface area contributed by atoms with E-state index in [2.05, 4.69) is 0 Å². The van der Waals surface area contributed by atoms with Crippen LogP contribution >= 0.6 is 9.90 Å². The highest BCUT2D eigenvalue weighted by molar-refractivity contribution is 6.92. The van der Waals surface area contributed by atoms with Gasteiger partial charge in [0, 0.05) is 16.8 Å². The maximum atomic E-state index is 7.32. The third kappa shape index (κ3) is 254. The third-order valence-corrected chi connectivity index (χ3v) is 0. The first-order chi connectivity index (χ1) is 1.41. The molecule has 0 spiro atoms. The molecule has 0 amide bonds. The van der Waals surface area contributed by atoms with Gasteiger partial charge in [-0.1, -0.05) is 0 Å². The van der Waals surface area contributed by atoms with Crippen LogP contribution in [0.25, 0.3) is 0 Å². The second-order valence-corrected chi connectivity index (χ2v) is 0.224. The fraction of sp³-hybridized carbons (Fsp3) is 0.500. The second kappa shape index (κ2) is 12.7. The van der Waals surface area contributed by atoms with Gasteiger partial charge in [-0.3, -0.25) is 0 Å². The van der Waals surface area contributed by atoms with Crippen molar-refractivity contribution in [2.75, 3.05) is 0 Å². The molecule has 0 aromatic rings. The van der Waals surface area contributed by atoms with Gasteiger partial charge >= 0.3 is 0 Å². The number of hydrogen-bond acceptors (Lipinski definition) is 1. The van der Waals surface area contributed by atoms with E-state index in [1.807, 2.05) is 0 Å². The molecule has 2 heteroatoms. The Morgan fingerprint density at radius 1 is 1.75 bits per heavy atom. The molecule has 0 aromatic heterocycles. The van der Waals surface area contributed by atoms with E-state index in [0.717, 1.165) is 0 Å². The van der Waals surface area contributed by atoms with Gasteiger partial charge in [-0.05, 0) is 0 Å². The fourth-order valence-corrected chi connectivity index (χ4v) is 0. The monoisotopic (exact) mass is 72.0 g/mol. The summed E-state index contributed by atoms with van der Waals surface area (Å²) >= 11 is 0. The van der Waals surface area contributed by atoms with Gasteiger partial charge in [0.25, 0.3) is 0 Å². The van der Waals surface area contributed by atoms with Crippen LogP contribution < -0.4 is 0 Å². The molecule has 0 aliphatic rings. The molecule has 0 aliphatic heterocycles. The summed E-state index contributed by atoms with van der Waals surface area (Å²) in [6, 6.07) is 1.75. The Bertz CT molecular complexity index is 27.5. The second-order valence-electron chi connectivity index (χ2n) is 0.224. The summed E-state index contributed by atoms with van der Waals surface area (Å²) in [4.78, 5) is 0. The van der Waals surface area contributed by atoms with Crippen LogP contribution in [0.1, 0.15) is 6.92 Å². The van der Waals surface area contributed by atoms with Crippen LogP contribution in [0.15, 0.2) is 0 Å². The van der Waals surface area contributed by atoms with Crippen molar-refractivity contribution in [2.24, 2.45) is 0 Å². The van der Waals surface area contributed by atoms with Crippen molar-refractivity contribution >= 4 is 9.90 Å². The van der Waals surface area contributed by atoms with Crippen LogP contribution in [0.2, 0.25) is 0 Å². The molecule has 3 radical (unpaired) electrons. The number of rotatable bonds is 0. The normalized spacial score (nSPS) is 2.00. The lowest BCUT2D eigenvalue weighted by atomic mass is 11.0. The largest absolute Gasteiger partial charge is 0.199 e. The molecule has 0 heterocycles. The van der Waals surface area contributed by atoms with Crippen molar-refractivity contribution < 1.29 is 0 Å². The zero-order chi connectivity index (χ0) is 2.71. The molecule has 0 aliphatic carbocycles. The van der Waals surface area contributed by atoms with E-state index < -0.39 is 0 Å². The standard InChI is InChI=1S/C2H3N.P/c1-2-3;/h1H3;. The Morgan fingerprint density at radius 2 is 1.75 bits per heavy atom. The minimum absolute atomic E-state index is 0. The zero-order valence-corrected chi connectivity index (χ0v) is 3.29. The summed E-state index contributed by atoms with van der Waals surface area (Å²) in [6.07, 6.45) is 0. The smallest absolute Gasteiger partial charge is 0.0587 e. The van der Waals surface area contributed by atoms with Crippen LogP contribution in [-0.2, 0) is 0 Å². The van der Waals surface area contributed by atoms with E-state index in [1.54, 1.807) is 6.07 Å². The molecular formula is C2H3NP. The highest BCUT2D eigenvalue weighted by atomic mass is 31.0. The topological polar surface area (TPSA) is 23.8 Å². The van der Waals surface area contributed by atoms with Gasteiger partial charge in [-0.2, -0.15) is 5.26 Å². The molecule has 0 bridgehead atoms. The van der Waals surface area contributed by atoms with Crippen LogP contribution in [0.4, 0.5) is 0 Å². The first-order valence-electron chi connectivity index (χ1n) is 0.724. The molecule has 0 N–H and O–H groups in total. The summed E-state index contributed by atoms with van der Waals surface area (Å²) in [6.45, 7) is 1.43. The van der Waals surface area contributed by atoms with E-state index in [4.69, 9.17) is 5.26 Å². The van der Waals surface area contributed by atoms with Gasteiger partial charge in [-0.15, -0.1) is 0 Å². The van der Waals surface area contributed by atoms with Crippen LogP contribution in [0.5, 0.6) is 0 Å². The molecule has 0 fully saturated rings. The van der Waals surface area contributed by atoms with E-state index in [1.165, 1.54) is 6.92 Å². The molecule has 0 atom stereocenters. The fourth-order valence-electron chi connectivity index (χ4n) is 0. The average Bonchev–Trinajstić information content (AvgIpc) is 0.918. The van der Waals surface area contributed by atoms with Crippen molar-refractivity contribution in [3.05, 3.63) is 0 Å². The van der Waals surface area contributed by atoms with Gasteiger partial charge in [0.1, 0.15) is 0 Å². The van der Waals surface area contributed by atoms with Crippen molar-refractivity contribution in [1.29, 1.82) is 5.26 Å². The Balaban J connectivity index is 0. The van der Waals surface area contributed by atoms with Crippen molar-refractivity contribution in [3.8, 4) is 6.07 Å². The highest BCUT2D eigenvalue weighted by Gasteiger charge is 1.17. The van der Waals surface area contributed by atoms with Crippen molar-refractivity contribution in [1.82, 2.24) is 0 Å². The third-order valence-electron chi connectivity index (χ3n) is 0. The predicted molar refractivity (Wildman–Crippen MR) is 18.2 cm³/mol. The zero-order valence-electron chi connectivity index (χ0n) is 2.39. The molecule has 0 aromatic carbocycles. The van der Waals surface area contributed by atoms with E-state index in [-0.39, 0.29) is 9.90 Å². The maximum absolute atomic E-state index is 7.32. The Hall–Kier alpha value is -0.0800. The summed E-state index contributed by atoms with van der Waals surface area (Å²) < 4.78 is 0. The molecule has 0 unspecified atom stereocenters. The predicted octanol–water partition coefficient (Wildman–Crippen LogP) is 1.39. The van der Waals surface area contributed by atoms with Crippen molar-refractivity contribution in [3.63, 3.8) is 0 Å². The average molecular weight is 72.0 g/mol. The molecule has 4 heavy (non-hydrogen) atoms. The number of hydrogen-bond donors (Lipinski definition) is 0. The van der Waals surface area contributed by atoms with E-state index in [0.29, 0.717) is 0 Å². The molecular weight excluding hydrogens is 69.0 g/mol. The summed E-state index contributed by atoms with van der Waals surface area (Å²) in [5, 5.41) is 7.32. The van der Waals surface area contributed by atoms with Gasteiger partial charge in [0.2, 0.25) is 0 Å². The molecule has 0 saturated heterocycles. The minimum Gasteiger partial charge on any atom is -0.199 e. The van der Waals surface area contributed by atoms with Crippen LogP contribution in [0, 0.1) is 11.3 Å².